The molecule has 1 aliphatic rings. The molecule has 0 saturated carbocycles. The Morgan fingerprint density at radius 2 is 1.68 bits per heavy atom. The van der Waals surface area contributed by atoms with E-state index >= 15 is 0 Å². The molecule has 2 aromatic rings. The van der Waals surface area contributed by atoms with Crippen LogP contribution in [0.15, 0.2) is 47.4 Å². The average Bonchev–Trinajstić information content (AvgIpc) is 2.89. The van der Waals surface area contributed by atoms with Crippen LogP contribution < -0.4 is 4.90 Å². The SMILES string of the molecule is CC(=O)c1ccc(C2(C)c3cc(S(=O)(=O)O)ccc3N(CCCS(=O)(=O)O)C2C)cc1. The molecule has 3 rings (SSSR count). The molecule has 2 atom stereocenters. The van der Waals surface area contributed by atoms with Crippen molar-refractivity contribution in [1.29, 1.82) is 0 Å². The molecule has 1 aliphatic heterocycles. The van der Waals surface area contributed by atoms with Gasteiger partial charge in [0.25, 0.3) is 20.2 Å². The average molecular weight is 468 g/mol. The standard InChI is InChI=1S/C21H25NO7S2/c1-14(23)16-5-7-17(8-6-16)21(3)15(2)22(11-4-12-30(24,25)26)20-10-9-18(13-19(20)21)31(27,28)29/h5-10,13,15H,4,11-12H2,1-3H3,(H,24,25,26)(H,27,28,29). The van der Waals surface area contributed by atoms with Gasteiger partial charge in [-0.25, -0.2) is 0 Å². The zero-order chi connectivity index (χ0) is 23.2. The quantitative estimate of drug-likeness (QED) is 0.470. The topological polar surface area (TPSA) is 129 Å². The van der Waals surface area contributed by atoms with E-state index in [4.69, 9.17) is 4.55 Å². The van der Waals surface area contributed by atoms with Crippen LogP contribution in [0.25, 0.3) is 0 Å². The summed E-state index contributed by atoms with van der Waals surface area (Å²) in [5.41, 5.74) is 2.07. The fraction of sp³-hybridized carbons (Fsp3) is 0.381. The van der Waals surface area contributed by atoms with Gasteiger partial charge in [0.05, 0.1) is 10.6 Å². The third-order valence-electron chi connectivity index (χ3n) is 6.13. The van der Waals surface area contributed by atoms with Crippen LogP contribution in [0.4, 0.5) is 5.69 Å². The molecule has 0 amide bonds. The third kappa shape index (κ3) is 4.52. The second kappa shape index (κ2) is 8.01. The van der Waals surface area contributed by atoms with E-state index in [1.165, 1.54) is 19.1 Å². The zero-order valence-electron chi connectivity index (χ0n) is 17.4. The molecule has 31 heavy (non-hydrogen) atoms. The Morgan fingerprint density at radius 3 is 2.19 bits per heavy atom. The summed E-state index contributed by atoms with van der Waals surface area (Å²) in [4.78, 5) is 13.4. The molecule has 1 heterocycles. The maximum atomic E-state index is 11.8. The van der Waals surface area contributed by atoms with E-state index in [0.717, 1.165) is 5.56 Å². The number of benzene rings is 2. The highest BCUT2D eigenvalue weighted by atomic mass is 32.2. The summed E-state index contributed by atoms with van der Waals surface area (Å²) < 4.78 is 64.4. The number of carbonyl (C=O) groups excluding carboxylic acids is 1. The van der Waals surface area contributed by atoms with E-state index in [1.54, 1.807) is 18.2 Å². The minimum Gasteiger partial charge on any atom is -0.367 e. The summed E-state index contributed by atoms with van der Waals surface area (Å²) in [5.74, 6) is -0.462. The van der Waals surface area contributed by atoms with E-state index in [2.05, 4.69) is 0 Å². The first-order valence-electron chi connectivity index (χ1n) is 9.70. The highest BCUT2D eigenvalue weighted by Gasteiger charge is 2.46. The Hall–Kier alpha value is -2.27. The molecule has 2 aromatic carbocycles. The van der Waals surface area contributed by atoms with Crippen LogP contribution in [-0.4, -0.2) is 50.1 Å². The molecular formula is C21H25NO7S2. The predicted molar refractivity (Wildman–Crippen MR) is 117 cm³/mol. The predicted octanol–water partition coefficient (Wildman–Crippen LogP) is 2.93. The Balaban J connectivity index is 2.12. The van der Waals surface area contributed by atoms with Gasteiger partial charge in [0.15, 0.2) is 5.78 Å². The number of carbonyl (C=O) groups is 1. The minimum absolute atomic E-state index is 0.0722. The lowest BCUT2D eigenvalue weighted by Gasteiger charge is -2.35. The van der Waals surface area contributed by atoms with Crippen LogP contribution in [0.2, 0.25) is 0 Å². The van der Waals surface area contributed by atoms with Crippen molar-refractivity contribution in [2.75, 3.05) is 17.2 Å². The molecule has 0 radical (unpaired) electrons. The Morgan fingerprint density at radius 1 is 1.06 bits per heavy atom. The van der Waals surface area contributed by atoms with Gasteiger partial charge in [-0.1, -0.05) is 24.3 Å². The van der Waals surface area contributed by atoms with Crippen LogP contribution in [0.5, 0.6) is 0 Å². The van der Waals surface area contributed by atoms with Crippen molar-refractivity contribution in [2.24, 2.45) is 0 Å². The van der Waals surface area contributed by atoms with Crippen LogP contribution >= 0.6 is 0 Å². The van der Waals surface area contributed by atoms with Gasteiger partial charge >= 0.3 is 0 Å². The zero-order valence-corrected chi connectivity index (χ0v) is 19.1. The number of hydrogen-bond donors (Lipinski definition) is 2. The Labute approximate surface area is 182 Å². The summed E-state index contributed by atoms with van der Waals surface area (Å²) >= 11 is 0. The van der Waals surface area contributed by atoms with Crippen molar-refractivity contribution in [3.8, 4) is 0 Å². The van der Waals surface area contributed by atoms with Crippen molar-refractivity contribution in [3.63, 3.8) is 0 Å². The Kier molecular flexibility index (Phi) is 6.05. The van der Waals surface area contributed by atoms with Crippen LogP contribution in [0, 0.1) is 0 Å². The van der Waals surface area contributed by atoms with Crippen molar-refractivity contribution in [2.45, 2.75) is 43.5 Å². The maximum Gasteiger partial charge on any atom is 0.294 e. The lowest BCUT2D eigenvalue weighted by molar-refractivity contribution is 0.101. The fourth-order valence-electron chi connectivity index (χ4n) is 4.27. The molecule has 2 N–H and O–H groups in total. The highest BCUT2D eigenvalue weighted by molar-refractivity contribution is 7.86. The van der Waals surface area contributed by atoms with Crippen LogP contribution in [0.3, 0.4) is 0 Å². The molecule has 0 spiro atoms. The lowest BCUT2D eigenvalue weighted by Crippen LogP contribution is -2.42. The first-order chi connectivity index (χ1) is 14.2. The van der Waals surface area contributed by atoms with Gasteiger partial charge in [0.2, 0.25) is 0 Å². The van der Waals surface area contributed by atoms with Gasteiger partial charge in [0.1, 0.15) is 0 Å². The van der Waals surface area contributed by atoms with E-state index in [0.29, 0.717) is 23.4 Å². The smallest absolute Gasteiger partial charge is 0.294 e. The number of fused-ring (bicyclic) bond motifs is 1. The fourth-order valence-corrected chi connectivity index (χ4v) is 5.27. The largest absolute Gasteiger partial charge is 0.367 e. The summed E-state index contributed by atoms with van der Waals surface area (Å²) in [6, 6.07) is 11.2. The molecule has 10 heteroatoms. The van der Waals surface area contributed by atoms with E-state index < -0.39 is 31.4 Å². The van der Waals surface area contributed by atoms with E-state index in [-0.39, 0.29) is 23.1 Å². The van der Waals surface area contributed by atoms with Crippen LogP contribution in [-0.2, 0) is 25.7 Å². The molecule has 0 aliphatic carbocycles. The second-order valence-corrected chi connectivity index (χ2v) is 11.0. The summed E-state index contributed by atoms with van der Waals surface area (Å²) in [5, 5.41) is 0. The molecule has 0 aromatic heterocycles. The van der Waals surface area contributed by atoms with Gasteiger partial charge in [-0.05, 0) is 56.5 Å². The second-order valence-electron chi connectivity index (χ2n) is 8.00. The molecule has 0 fully saturated rings. The summed E-state index contributed by atoms with van der Waals surface area (Å²) in [7, 11) is -8.52. The van der Waals surface area contributed by atoms with Crippen molar-refractivity contribution >= 4 is 31.7 Å². The van der Waals surface area contributed by atoms with Gasteiger partial charge in [-0.2, -0.15) is 16.8 Å². The van der Waals surface area contributed by atoms with E-state index in [9.17, 15) is 26.2 Å². The van der Waals surface area contributed by atoms with Crippen molar-refractivity contribution < 1.29 is 30.7 Å². The first-order valence-corrected chi connectivity index (χ1v) is 12.8. The molecular weight excluding hydrogens is 442 g/mol. The summed E-state index contributed by atoms with van der Waals surface area (Å²) in [6.07, 6.45) is 0.183. The molecule has 0 saturated heterocycles. The lowest BCUT2D eigenvalue weighted by atomic mass is 9.73. The third-order valence-corrected chi connectivity index (χ3v) is 7.78. The maximum absolute atomic E-state index is 11.8. The molecule has 8 nitrogen and oxygen atoms in total. The Bertz CT molecular complexity index is 1220. The van der Waals surface area contributed by atoms with Gasteiger partial charge < -0.3 is 4.90 Å². The normalized spacial score (nSPS) is 21.2. The molecule has 2 unspecified atom stereocenters. The van der Waals surface area contributed by atoms with Crippen LogP contribution in [0.1, 0.15) is 48.7 Å². The minimum atomic E-state index is -4.42. The number of Topliss-reactive ketones (excluding diaryl/α,β-unsaturated/α-hetero) is 1. The van der Waals surface area contributed by atoms with E-state index in [1.807, 2.05) is 30.9 Å². The number of anilines is 1. The first kappa shape index (κ1) is 23.4. The number of ketones is 1. The molecule has 168 valence electrons. The number of rotatable bonds is 7. The highest BCUT2D eigenvalue weighted by Crippen LogP contribution is 2.50. The number of nitrogens with zero attached hydrogens (tertiary/aromatic N) is 1. The number of hydrogen-bond acceptors (Lipinski definition) is 6. The summed E-state index contributed by atoms with van der Waals surface area (Å²) in [6.45, 7) is 5.68. The molecule has 0 bridgehead atoms. The monoisotopic (exact) mass is 467 g/mol. The van der Waals surface area contributed by atoms with Gasteiger partial charge in [-0.15, -0.1) is 0 Å². The van der Waals surface area contributed by atoms with Gasteiger partial charge in [-0.3, -0.25) is 13.9 Å². The van der Waals surface area contributed by atoms with Crippen molar-refractivity contribution in [3.05, 3.63) is 59.2 Å². The van der Waals surface area contributed by atoms with Gasteiger partial charge in [0, 0.05) is 29.3 Å². The van der Waals surface area contributed by atoms with Crippen molar-refractivity contribution in [1.82, 2.24) is 0 Å².